The molecule has 4 aromatic rings. The van der Waals surface area contributed by atoms with E-state index in [4.69, 9.17) is 4.98 Å². The van der Waals surface area contributed by atoms with Gasteiger partial charge in [0.1, 0.15) is 16.8 Å². The molecule has 29 heavy (non-hydrogen) atoms. The molecule has 0 fully saturated rings. The van der Waals surface area contributed by atoms with E-state index in [0.717, 1.165) is 10.5 Å². The van der Waals surface area contributed by atoms with Gasteiger partial charge in [-0.3, -0.25) is 0 Å². The summed E-state index contributed by atoms with van der Waals surface area (Å²) in [4.78, 5) is 5.13. The molecule has 0 radical (unpaired) electrons. The standard InChI is InChI=1S/C26H29N2S/c1-16(2)19-12-9-13-20(17(3)4)23(19)26-27-22-14-15-28(6)24(25(22)29-26)21-11-8-7-10-18(21)5/h7-17H,1-6H3/q+1. The van der Waals surface area contributed by atoms with Gasteiger partial charge in [-0.15, -0.1) is 11.3 Å². The highest BCUT2D eigenvalue weighted by Gasteiger charge is 2.23. The Balaban J connectivity index is 2.03. The van der Waals surface area contributed by atoms with Crippen molar-refractivity contribution >= 4 is 21.6 Å². The number of rotatable bonds is 4. The molecule has 0 spiro atoms. The van der Waals surface area contributed by atoms with Gasteiger partial charge in [0.2, 0.25) is 5.69 Å². The van der Waals surface area contributed by atoms with Crippen molar-refractivity contribution in [1.82, 2.24) is 4.98 Å². The Morgan fingerprint density at radius 3 is 2.14 bits per heavy atom. The molecule has 0 aliphatic rings. The molecule has 2 aromatic carbocycles. The molecule has 2 heterocycles. The lowest BCUT2D eigenvalue weighted by Gasteiger charge is -2.17. The van der Waals surface area contributed by atoms with E-state index in [1.807, 2.05) is 11.3 Å². The van der Waals surface area contributed by atoms with Crippen molar-refractivity contribution in [3.63, 3.8) is 0 Å². The van der Waals surface area contributed by atoms with Crippen LogP contribution in [-0.4, -0.2) is 4.98 Å². The second-order valence-corrected chi connectivity index (χ2v) is 9.44. The Hall–Kier alpha value is -2.52. The fourth-order valence-electron chi connectivity index (χ4n) is 4.09. The lowest BCUT2D eigenvalue weighted by atomic mass is 9.89. The number of benzene rings is 2. The molecule has 0 N–H and O–H groups in total. The first-order valence-electron chi connectivity index (χ1n) is 10.4. The van der Waals surface area contributed by atoms with Crippen LogP contribution < -0.4 is 4.57 Å². The molecule has 0 saturated carbocycles. The van der Waals surface area contributed by atoms with Crippen LogP contribution in [0.2, 0.25) is 0 Å². The topological polar surface area (TPSA) is 16.8 Å². The minimum Gasteiger partial charge on any atom is -0.236 e. The minimum atomic E-state index is 0.461. The molecule has 0 aliphatic carbocycles. The normalized spacial score (nSPS) is 11.7. The first-order chi connectivity index (χ1) is 13.9. The van der Waals surface area contributed by atoms with E-state index < -0.39 is 0 Å². The lowest BCUT2D eigenvalue weighted by molar-refractivity contribution is -0.659. The molecule has 0 amide bonds. The van der Waals surface area contributed by atoms with Crippen molar-refractivity contribution in [2.75, 3.05) is 0 Å². The summed E-state index contributed by atoms with van der Waals surface area (Å²) < 4.78 is 3.48. The summed E-state index contributed by atoms with van der Waals surface area (Å²) >= 11 is 1.83. The fourth-order valence-corrected chi connectivity index (χ4v) is 5.33. The Kier molecular flexibility index (Phi) is 5.26. The number of pyridine rings is 1. The first kappa shape index (κ1) is 19.8. The number of thiazole rings is 1. The van der Waals surface area contributed by atoms with Crippen LogP contribution in [0.25, 0.3) is 32.0 Å². The lowest BCUT2D eigenvalue weighted by Crippen LogP contribution is -2.30. The summed E-state index contributed by atoms with van der Waals surface area (Å²) in [5.41, 5.74) is 8.99. The zero-order valence-electron chi connectivity index (χ0n) is 18.2. The zero-order valence-corrected chi connectivity index (χ0v) is 19.0. The SMILES string of the molecule is Cc1ccccc1-c1c2sc(-c3c(C(C)C)cccc3C(C)C)nc2cc[n+]1C. The van der Waals surface area contributed by atoms with E-state index in [9.17, 15) is 0 Å². The largest absolute Gasteiger partial charge is 0.236 e. The summed E-state index contributed by atoms with van der Waals surface area (Å²) in [7, 11) is 2.13. The Morgan fingerprint density at radius 2 is 1.52 bits per heavy atom. The van der Waals surface area contributed by atoms with Gasteiger partial charge in [-0.25, -0.2) is 4.98 Å². The Bertz CT molecular complexity index is 1160. The fraction of sp³-hybridized carbons (Fsp3) is 0.308. The highest BCUT2D eigenvalue weighted by Crippen LogP contribution is 2.41. The van der Waals surface area contributed by atoms with Gasteiger partial charge in [0.15, 0.2) is 6.20 Å². The van der Waals surface area contributed by atoms with E-state index in [2.05, 4.69) is 101 Å². The van der Waals surface area contributed by atoms with Gasteiger partial charge in [0.05, 0.1) is 11.1 Å². The maximum Gasteiger partial charge on any atom is 0.232 e. The van der Waals surface area contributed by atoms with Gasteiger partial charge in [0, 0.05) is 11.6 Å². The number of aryl methyl sites for hydroxylation is 2. The number of nitrogens with zero attached hydrogens (tertiary/aromatic N) is 2. The third-order valence-corrected chi connectivity index (χ3v) is 6.76. The summed E-state index contributed by atoms with van der Waals surface area (Å²) in [6.07, 6.45) is 2.13. The summed E-state index contributed by atoms with van der Waals surface area (Å²) in [5, 5.41) is 1.13. The molecule has 4 rings (SSSR count). The van der Waals surface area contributed by atoms with E-state index in [1.165, 1.54) is 38.2 Å². The number of fused-ring (bicyclic) bond motifs is 1. The molecular formula is C26H29N2S+. The monoisotopic (exact) mass is 401 g/mol. The maximum atomic E-state index is 5.13. The molecule has 0 atom stereocenters. The van der Waals surface area contributed by atoms with Crippen molar-refractivity contribution in [2.24, 2.45) is 7.05 Å². The van der Waals surface area contributed by atoms with Gasteiger partial charge in [-0.05, 0) is 41.5 Å². The summed E-state index contributed by atoms with van der Waals surface area (Å²) in [5.74, 6) is 0.922. The van der Waals surface area contributed by atoms with Crippen LogP contribution in [0.1, 0.15) is 56.2 Å². The molecular weight excluding hydrogens is 372 g/mol. The quantitative estimate of drug-likeness (QED) is 0.336. The number of hydrogen-bond donors (Lipinski definition) is 0. The predicted molar refractivity (Wildman–Crippen MR) is 125 cm³/mol. The van der Waals surface area contributed by atoms with Crippen LogP contribution in [0, 0.1) is 6.92 Å². The molecule has 0 bridgehead atoms. The molecule has 3 heteroatoms. The zero-order chi connectivity index (χ0) is 20.7. The van der Waals surface area contributed by atoms with Crippen molar-refractivity contribution in [2.45, 2.75) is 46.5 Å². The highest BCUT2D eigenvalue weighted by atomic mass is 32.1. The summed E-state index contributed by atoms with van der Waals surface area (Å²) in [6, 6.07) is 17.5. The van der Waals surface area contributed by atoms with Crippen molar-refractivity contribution in [3.8, 4) is 21.8 Å². The van der Waals surface area contributed by atoms with Gasteiger partial charge < -0.3 is 0 Å². The van der Waals surface area contributed by atoms with Crippen LogP contribution >= 0.6 is 11.3 Å². The Labute approximate surface area is 177 Å². The van der Waals surface area contributed by atoms with Gasteiger partial charge >= 0.3 is 0 Å². The van der Waals surface area contributed by atoms with Gasteiger partial charge in [-0.2, -0.15) is 4.57 Å². The molecule has 0 saturated heterocycles. The minimum absolute atomic E-state index is 0.461. The van der Waals surface area contributed by atoms with Crippen LogP contribution in [-0.2, 0) is 7.05 Å². The maximum absolute atomic E-state index is 5.13. The van der Waals surface area contributed by atoms with Crippen LogP contribution in [0.4, 0.5) is 0 Å². The van der Waals surface area contributed by atoms with Crippen molar-refractivity contribution < 1.29 is 4.57 Å². The second-order valence-electron chi connectivity index (χ2n) is 8.44. The number of aromatic nitrogens is 2. The molecule has 2 aromatic heterocycles. The van der Waals surface area contributed by atoms with Gasteiger partial charge in [-0.1, -0.05) is 64.1 Å². The third kappa shape index (κ3) is 3.49. The van der Waals surface area contributed by atoms with Crippen molar-refractivity contribution in [3.05, 3.63) is 71.4 Å². The van der Waals surface area contributed by atoms with E-state index in [-0.39, 0.29) is 0 Å². The van der Waals surface area contributed by atoms with Gasteiger partial charge in [0.25, 0.3) is 0 Å². The number of hydrogen-bond acceptors (Lipinski definition) is 2. The second kappa shape index (κ2) is 7.72. The molecule has 0 unspecified atom stereocenters. The summed E-state index contributed by atoms with van der Waals surface area (Å²) in [6.45, 7) is 11.3. The van der Waals surface area contributed by atoms with E-state index in [1.54, 1.807) is 0 Å². The van der Waals surface area contributed by atoms with Crippen LogP contribution in [0.3, 0.4) is 0 Å². The highest BCUT2D eigenvalue weighted by molar-refractivity contribution is 7.22. The van der Waals surface area contributed by atoms with Crippen LogP contribution in [0.5, 0.6) is 0 Å². The molecule has 2 nitrogen and oxygen atoms in total. The van der Waals surface area contributed by atoms with Crippen molar-refractivity contribution in [1.29, 1.82) is 0 Å². The molecule has 0 aliphatic heterocycles. The average Bonchev–Trinajstić information content (AvgIpc) is 3.12. The van der Waals surface area contributed by atoms with E-state index in [0.29, 0.717) is 11.8 Å². The first-order valence-corrected chi connectivity index (χ1v) is 11.2. The van der Waals surface area contributed by atoms with E-state index >= 15 is 0 Å². The Morgan fingerprint density at radius 1 is 0.862 bits per heavy atom. The average molecular weight is 402 g/mol. The third-order valence-electron chi connectivity index (χ3n) is 5.66. The molecule has 148 valence electrons. The smallest absolute Gasteiger partial charge is 0.232 e. The van der Waals surface area contributed by atoms with Crippen LogP contribution in [0.15, 0.2) is 54.7 Å². The predicted octanol–water partition coefficient (Wildman–Crippen LogP) is 7.01.